The summed E-state index contributed by atoms with van der Waals surface area (Å²) in [6.45, 7) is 0.913. The van der Waals surface area contributed by atoms with Gasteiger partial charge in [0, 0.05) is 18.8 Å². The Kier molecular flexibility index (Phi) is 3.83. The van der Waals surface area contributed by atoms with E-state index >= 15 is 0 Å². The lowest BCUT2D eigenvalue weighted by Crippen LogP contribution is -2.32. The predicted octanol–water partition coefficient (Wildman–Crippen LogP) is 2.07. The third-order valence-electron chi connectivity index (χ3n) is 2.52. The fraction of sp³-hybridized carbons (Fsp3) is 0.545. The molecule has 1 saturated heterocycles. The van der Waals surface area contributed by atoms with E-state index < -0.39 is 0 Å². The highest BCUT2D eigenvalue weighted by molar-refractivity contribution is 7.99. The number of rotatable bonds is 3. The number of hydrogen-bond donors (Lipinski definition) is 1. The van der Waals surface area contributed by atoms with Crippen molar-refractivity contribution in [2.45, 2.75) is 25.4 Å². The van der Waals surface area contributed by atoms with Crippen molar-refractivity contribution in [1.29, 1.82) is 0 Å². The fourth-order valence-electron chi connectivity index (χ4n) is 1.65. The third kappa shape index (κ3) is 3.00. The van der Waals surface area contributed by atoms with Crippen molar-refractivity contribution in [3.05, 3.63) is 30.1 Å². The minimum absolute atomic E-state index is 0.707. The lowest BCUT2D eigenvalue weighted by atomic mass is 10.1. The lowest BCUT2D eigenvalue weighted by molar-refractivity contribution is 0.478. The molecule has 0 radical (unpaired) electrons. The molecule has 14 heavy (non-hydrogen) atoms. The van der Waals surface area contributed by atoms with Gasteiger partial charge in [0.2, 0.25) is 0 Å². The Labute approximate surface area is 89.5 Å². The van der Waals surface area contributed by atoms with Gasteiger partial charge in [-0.15, -0.1) is 0 Å². The van der Waals surface area contributed by atoms with Crippen molar-refractivity contribution in [1.82, 2.24) is 10.3 Å². The Morgan fingerprint density at radius 2 is 2.21 bits per heavy atom. The summed E-state index contributed by atoms with van der Waals surface area (Å²) in [6, 6.07) is 6.78. The van der Waals surface area contributed by atoms with Crippen molar-refractivity contribution in [3.63, 3.8) is 0 Å². The molecule has 1 aliphatic rings. The molecule has 1 aliphatic heterocycles. The van der Waals surface area contributed by atoms with Gasteiger partial charge in [-0.2, -0.15) is 11.8 Å². The molecule has 2 heterocycles. The second-order valence-corrected chi connectivity index (χ2v) is 4.81. The van der Waals surface area contributed by atoms with Gasteiger partial charge in [-0.05, 0) is 36.5 Å². The molecule has 0 aromatic carbocycles. The monoisotopic (exact) mass is 208 g/mol. The molecule has 2 rings (SSSR count). The minimum atomic E-state index is 0.707. The maximum absolute atomic E-state index is 4.30. The van der Waals surface area contributed by atoms with Crippen LogP contribution >= 0.6 is 11.8 Å². The molecule has 0 aliphatic carbocycles. The molecule has 1 N–H and O–H groups in total. The Morgan fingerprint density at radius 3 is 2.93 bits per heavy atom. The second-order valence-electron chi connectivity index (χ2n) is 3.59. The summed E-state index contributed by atoms with van der Waals surface area (Å²) in [5.41, 5.74) is 1.14. The second kappa shape index (κ2) is 5.37. The smallest absolute Gasteiger partial charge is 0.0541 e. The Bertz CT molecular complexity index is 257. The molecule has 76 valence electrons. The topological polar surface area (TPSA) is 24.9 Å². The summed E-state index contributed by atoms with van der Waals surface area (Å²) >= 11 is 2.06. The van der Waals surface area contributed by atoms with Crippen LogP contribution < -0.4 is 5.32 Å². The van der Waals surface area contributed by atoms with Gasteiger partial charge in [-0.25, -0.2) is 0 Å². The average Bonchev–Trinajstić information content (AvgIpc) is 2.29. The average molecular weight is 208 g/mol. The van der Waals surface area contributed by atoms with Crippen LogP contribution in [0.4, 0.5) is 0 Å². The van der Waals surface area contributed by atoms with Crippen LogP contribution in [0.25, 0.3) is 0 Å². The first kappa shape index (κ1) is 9.99. The van der Waals surface area contributed by atoms with Gasteiger partial charge in [0.25, 0.3) is 0 Å². The summed E-state index contributed by atoms with van der Waals surface area (Å²) in [4.78, 5) is 4.30. The van der Waals surface area contributed by atoms with E-state index in [4.69, 9.17) is 0 Å². The van der Waals surface area contributed by atoms with Crippen LogP contribution in [0.3, 0.4) is 0 Å². The van der Waals surface area contributed by atoms with E-state index in [0.29, 0.717) is 6.04 Å². The molecule has 2 nitrogen and oxygen atoms in total. The zero-order valence-electron chi connectivity index (χ0n) is 8.28. The molecule has 3 heteroatoms. The number of nitrogens with zero attached hydrogens (tertiary/aromatic N) is 1. The third-order valence-corrected chi connectivity index (χ3v) is 3.57. The number of thioether (sulfide) groups is 1. The van der Waals surface area contributed by atoms with Gasteiger partial charge in [-0.1, -0.05) is 6.07 Å². The number of pyridine rings is 1. The number of hydrogen-bond acceptors (Lipinski definition) is 3. The quantitative estimate of drug-likeness (QED) is 0.823. The Hall–Kier alpha value is -0.540. The van der Waals surface area contributed by atoms with Crippen LogP contribution in [0.1, 0.15) is 18.5 Å². The zero-order valence-corrected chi connectivity index (χ0v) is 9.09. The van der Waals surface area contributed by atoms with Gasteiger partial charge >= 0.3 is 0 Å². The normalized spacial score (nSPS) is 18.3. The largest absolute Gasteiger partial charge is 0.308 e. The summed E-state index contributed by atoms with van der Waals surface area (Å²) < 4.78 is 0. The van der Waals surface area contributed by atoms with Crippen LogP contribution in [0.2, 0.25) is 0 Å². The molecular weight excluding hydrogens is 192 g/mol. The molecule has 0 bridgehead atoms. The van der Waals surface area contributed by atoms with Crippen LogP contribution in [-0.4, -0.2) is 22.5 Å². The first-order valence-electron chi connectivity index (χ1n) is 5.16. The van der Waals surface area contributed by atoms with Crippen LogP contribution in [0, 0.1) is 0 Å². The summed E-state index contributed by atoms with van der Waals surface area (Å²) in [5, 5.41) is 3.56. The van der Waals surface area contributed by atoms with Gasteiger partial charge in [0.15, 0.2) is 0 Å². The maximum atomic E-state index is 4.30. The summed E-state index contributed by atoms with van der Waals surface area (Å²) in [7, 11) is 0. The number of aromatic nitrogens is 1. The van der Waals surface area contributed by atoms with Gasteiger partial charge in [-0.3, -0.25) is 4.98 Å². The minimum Gasteiger partial charge on any atom is -0.308 e. The molecule has 1 aromatic rings. The molecule has 0 saturated carbocycles. The highest BCUT2D eigenvalue weighted by Crippen LogP contribution is 2.16. The van der Waals surface area contributed by atoms with E-state index in [1.54, 1.807) is 0 Å². The molecule has 0 spiro atoms. The Balaban J connectivity index is 1.76. The molecule has 1 fully saturated rings. The van der Waals surface area contributed by atoms with Crippen molar-refractivity contribution in [2.24, 2.45) is 0 Å². The van der Waals surface area contributed by atoms with Gasteiger partial charge in [0.05, 0.1) is 5.69 Å². The van der Waals surface area contributed by atoms with E-state index in [1.165, 1.54) is 24.3 Å². The van der Waals surface area contributed by atoms with E-state index in [0.717, 1.165) is 12.2 Å². The molecule has 0 amide bonds. The Morgan fingerprint density at radius 1 is 1.36 bits per heavy atom. The summed E-state index contributed by atoms with van der Waals surface area (Å²) in [5.74, 6) is 2.61. The highest BCUT2D eigenvalue weighted by Gasteiger charge is 2.12. The van der Waals surface area contributed by atoms with Gasteiger partial charge in [0.1, 0.15) is 0 Å². The number of nitrogens with one attached hydrogen (secondary N) is 1. The van der Waals surface area contributed by atoms with Crippen molar-refractivity contribution >= 4 is 11.8 Å². The SMILES string of the molecule is c1ccc(CNC2CCSCC2)nc1. The fourth-order valence-corrected chi connectivity index (χ4v) is 2.76. The first-order chi connectivity index (χ1) is 6.95. The van der Waals surface area contributed by atoms with E-state index in [2.05, 4.69) is 28.1 Å². The molecular formula is C11H16N2S. The lowest BCUT2D eigenvalue weighted by Gasteiger charge is -2.22. The zero-order chi connectivity index (χ0) is 9.64. The van der Waals surface area contributed by atoms with E-state index in [1.807, 2.05) is 18.3 Å². The molecule has 1 aromatic heterocycles. The van der Waals surface area contributed by atoms with E-state index in [9.17, 15) is 0 Å². The van der Waals surface area contributed by atoms with E-state index in [-0.39, 0.29) is 0 Å². The van der Waals surface area contributed by atoms with Crippen LogP contribution in [0.15, 0.2) is 24.4 Å². The standard InChI is InChI=1S/C11H16N2S/c1-2-6-12-11(3-1)9-13-10-4-7-14-8-5-10/h1-3,6,10,13H,4-5,7-9H2. The molecule has 0 atom stereocenters. The first-order valence-corrected chi connectivity index (χ1v) is 6.31. The van der Waals surface area contributed by atoms with Crippen molar-refractivity contribution in [2.75, 3.05) is 11.5 Å². The van der Waals surface area contributed by atoms with Gasteiger partial charge < -0.3 is 5.32 Å². The van der Waals surface area contributed by atoms with Crippen molar-refractivity contribution in [3.8, 4) is 0 Å². The maximum Gasteiger partial charge on any atom is 0.0541 e. The predicted molar refractivity (Wildman–Crippen MR) is 61.4 cm³/mol. The highest BCUT2D eigenvalue weighted by atomic mass is 32.2. The summed E-state index contributed by atoms with van der Waals surface area (Å²) in [6.07, 6.45) is 4.46. The molecule has 0 unspecified atom stereocenters. The van der Waals surface area contributed by atoms with Crippen LogP contribution in [0.5, 0.6) is 0 Å². The van der Waals surface area contributed by atoms with Crippen LogP contribution in [-0.2, 0) is 6.54 Å². The van der Waals surface area contributed by atoms with Crippen molar-refractivity contribution < 1.29 is 0 Å².